The van der Waals surface area contributed by atoms with E-state index in [0.717, 1.165) is 11.9 Å². The summed E-state index contributed by atoms with van der Waals surface area (Å²) in [6.07, 6.45) is 6.13. The summed E-state index contributed by atoms with van der Waals surface area (Å²) in [6, 6.07) is 19.0. The van der Waals surface area contributed by atoms with E-state index in [0.29, 0.717) is 0 Å². The van der Waals surface area contributed by atoms with Crippen molar-refractivity contribution in [1.82, 2.24) is 9.55 Å². The van der Waals surface area contributed by atoms with E-state index in [1.165, 1.54) is 42.7 Å². The third kappa shape index (κ3) is 2.99. The number of aryl methyl sites for hydroxylation is 1. The van der Waals surface area contributed by atoms with Crippen LogP contribution in [0.25, 0.3) is 16.7 Å². The lowest BCUT2D eigenvalue weighted by Gasteiger charge is -2.09. The van der Waals surface area contributed by atoms with Gasteiger partial charge in [0, 0.05) is 12.1 Å². The zero-order valence-electron chi connectivity index (χ0n) is 12.6. The highest BCUT2D eigenvalue weighted by Crippen LogP contribution is 2.22. The Morgan fingerprint density at radius 3 is 2.43 bits per heavy atom. The number of rotatable bonds is 6. The Kier molecular flexibility index (Phi) is 4.34. The Bertz CT molecular complexity index is 698. The van der Waals surface area contributed by atoms with E-state index < -0.39 is 0 Å². The van der Waals surface area contributed by atoms with Gasteiger partial charge < -0.3 is 0 Å². The van der Waals surface area contributed by atoms with Crippen molar-refractivity contribution in [3.63, 3.8) is 0 Å². The SMILES string of the molecule is CCCCCCc1nc2ccccc2n1-c1ccccc1. The normalized spacial score (nSPS) is 11.1. The molecule has 2 aromatic carbocycles. The molecule has 2 heteroatoms. The molecule has 3 rings (SSSR count). The van der Waals surface area contributed by atoms with Crippen LogP contribution < -0.4 is 0 Å². The first kappa shape index (κ1) is 13.9. The molecule has 0 radical (unpaired) electrons. The Labute approximate surface area is 126 Å². The molecule has 0 aliphatic heterocycles. The molecule has 108 valence electrons. The molecule has 0 atom stereocenters. The lowest BCUT2D eigenvalue weighted by Crippen LogP contribution is -2.01. The standard InChI is InChI=1S/C19H22N2/c1-2-3-4-8-15-19-20-17-13-9-10-14-18(17)21(19)16-11-6-5-7-12-16/h5-7,9-14H,2-4,8,15H2,1H3. The molecule has 0 fully saturated rings. The maximum absolute atomic E-state index is 4.85. The minimum Gasteiger partial charge on any atom is -0.296 e. The maximum Gasteiger partial charge on any atom is 0.114 e. The van der Waals surface area contributed by atoms with Crippen molar-refractivity contribution in [2.45, 2.75) is 39.0 Å². The highest BCUT2D eigenvalue weighted by Gasteiger charge is 2.11. The molecule has 0 saturated heterocycles. The van der Waals surface area contributed by atoms with E-state index in [1.54, 1.807) is 0 Å². The second-order valence-electron chi connectivity index (χ2n) is 5.50. The minimum absolute atomic E-state index is 1.05. The average molecular weight is 278 g/mol. The van der Waals surface area contributed by atoms with Crippen LogP contribution in [-0.2, 0) is 6.42 Å². The number of hydrogen-bond acceptors (Lipinski definition) is 1. The number of hydrogen-bond donors (Lipinski definition) is 0. The molecule has 0 unspecified atom stereocenters. The lowest BCUT2D eigenvalue weighted by molar-refractivity contribution is 0.649. The van der Waals surface area contributed by atoms with Gasteiger partial charge in [0.1, 0.15) is 5.82 Å². The van der Waals surface area contributed by atoms with Gasteiger partial charge in [0.15, 0.2) is 0 Å². The molecule has 1 aromatic heterocycles. The van der Waals surface area contributed by atoms with Gasteiger partial charge in [0.25, 0.3) is 0 Å². The van der Waals surface area contributed by atoms with Gasteiger partial charge in [0.2, 0.25) is 0 Å². The van der Waals surface area contributed by atoms with Gasteiger partial charge in [-0.1, -0.05) is 56.5 Å². The smallest absolute Gasteiger partial charge is 0.114 e. The number of fused-ring (bicyclic) bond motifs is 1. The van der Waals surface area contributed by atoms with E-state index in [2.05, 4.69) is 66.1 Å². The summed E-state index contributed by atoms with van der Waals surface area (Å²) in [5, 5.41) is 0. The average Bonchev–Trinajstić information content (AvgIpc) is 2.90. The molecule has 2 nitrogen and oxygen atoms in total. The molecular formula is C19H22N2. The molecule has 0 amide bonds. The molecule has 0 aliphatic carbocycles. The van der Waals surface area contributed by atoms with Crippen molar-refractivity contribution in [3.05, 3.63) is 60.4 Å². The van der Waals surface area contributed by atoms with Crippen molar-refractivity contribution >= 4 is 11.0 Å². The Hall–Kier alpha value is -2.09. The molecule has 21 heavy (non-hydrogen) atoms. The Balaban J connectivity index is 1.98. The second kappa shape index (κ2) is 6.57. The molecular weight excluding hydrogens is 256 g/mol. The van der Waals surface area contributed by atoms with Crippen molar-refractivity contribution in [3.8, 4) is 5.69 Å². The fourth-order valence-corrected chi connectivity index (χ4v) is 2.82. The largest absolute Gasteiger partial charge is 0.296 e. The Morgan fingerprint density at radius 1 is 0.857 bits per heavy atom. The van der Waals surface area contributed by atoms with Gasteiger partial charge in [-0.2, -0.15) is 0 Å². The van der Waals surface area contributed by atoms with Crippen LogP contribution in [0.2, 0.25) is 0 Å². The molecule has 0 saturated carbocycles. The first-order valence-electron chi connectivity index (χ1n) is 7.92. The number of aromatic nitrogens is 2. The van der Waals surface area contributed by atoms with Crippen LogP contribution in [0.5, 0.6) is 0 Å². The van der Waals surface area contributed by atoms with Gasteiger partial charge in [0.05, 0.1) is 11.0 Å². The van der Waals surface area contributed by atoms with Crippen molar-refractivity contribution in [2.24, 2.45) is 0 Å². The van der Waals surface area contributed by atoms with Crippen LogP contribution in [0.4, 0.5) is 0 Å². The van der Waals surface area contributed by atoms with Gasteiger partial charge in [-0.3, -0.25) is 4.57 Å². The molecule has 3 aromatic rings. The highest BCUT2D eigenvalue weighted by molar-refractivity contribution is 5.78. The van der Waals surface area contributed by atoms with Crippen LogP contribution in [0.3, 0.4) is 0 Å². The first-order valence-corrected chi connectivity index (χ1v) is 7.92. The molecule has 0 spiro atoms. The summed E-state index contributed by atoms with van der Waals surface area (Å²) in [7, 11) is 0. The van der Waals surface area contributed by atoms with Crippen LogP contribution in [0, 0.1) is 0 Å². The van der Waals surface area contributed by atoms with E-state index in [4.69, 9.17) is 4.98 Å². The maximum atomic E-state index is 4.85. The van der Waals surface area contributed by atoms with Crippen LogP contribution in [0.15, 0.2) is 54.6 Å². The van der Waals surface area contributed by atoms with Gasteiger partial charge >= 0.3 is 0 Å². The highest BCUT2D eigenvalue weighted by atomic mass is 15.1. The quantitative estimate of drug-likeness (QED) is 0.570. The summed E-state index contributed by atoms with van der Waals surface area (Å²) < 4.78 is 2.31. The number of unbranched alkanes of at least 4 members (excludes halogenated alkanes) is 3. The minimum atomic E-state index is 1.05. The van der Waals surface area contributed by atoms with E-state index in [1.807, 2.05) is 0 Å². The second-order valence-corrected chi connectivity index (χ2v) is 5.50. The van der Waals surface area contributed by atoms with Crippen LogP contribution in [0.1, 0.15) is 38.4 Å². The number of benzene rings is 2. The first-order chi connectivity index (χ1) is 10.4. The van der Waals surface area contributed by atoms with E-state index >= 15 is 0 Å². The summed E-state index contributed by atoms with van der Waals surface area (Å²) in [4.78, 5) is 4.85. The Morgan fingerprint density at radius 2 is 1.62 bits per heavy atom. The summed E-state index contributed by atoms with van der Waals surface area (Å²) in [5.74, 6) is 1.18. The number of nitrogens with zero attached hydrogens (tertiary/aromatic N) is 2. The third-order valence-electron chi connectivity index (χ3n) is 3.90. The summed E-state index contributed by atoms with van der Waals surface area (Å²) in [6.45, 7) is 2.25. The predicted octanol–water partition coefficient (Wildman–Crippen LogP) is 5.15. The summed E-state index contributed by atoms with van der Waals surface area (Å²) >= 11 is 0. The van der Waals surface area contributed by atoms with Gasteiger partial charge in [-0.25, -0.2) is 4.98 Å². The topological polar surface area (TPSA) is 17.8 Å². The predicted molar refractivity (Wildman–Crippen MR) is 88.9 cm³/mol. The van der Waals surface area contributed by atoms with Gasteiger partial charge in [-0.15, -0.1) is 0 Å². The lowest BCUT2D eigenvalue weighted by atomic mass is 10.1. The summed E-state index contributed by atoms with van der Waals surface area (Å²) in [5.41, 5.74) is 3.50. The van der Waals surface area contributed by atoms with Gasteiger partial charge in [-0.05, 0) is 30.7 Å². The van der Waals surface area contributed by atoms with Crippen molar-refractivity contribution < 1.29 is 0 Å². The molecule has 0 bridgehead atoms. The molecule has 1 heterocycles. The van der Waals surface area contributed by atoms with E-state index in [9.17, 15) is 0 Å². The van der Waals surface area contributed by atoms with Crippen molar-refractivity contribution in [1.29, 1.82) is 0 Å². The number of para-hydroxylation sites is 3. The molecule has 0 N–H and O–H groups in total. The fraction of sp³-hybridized carbons (Fsp3) is 0.316. The number of imidazole rings is 1. The van der Waals surface area contributed by atoms with Crippen LogP contribution >= 0.6 is 0 Å². The monoisotopic (exact) mass is 278 g/mol. The zero-order valence-corrected chi connectivity index (χ0v) is 12.6. The molecule has 0 aliphatic rings. The van der Waals surface area contributed by atoms with Crippen LogP contribution in [-0.4, -0.2) is 9.55 Å². The third-order valence-corrected chi connectivity index (χ3v) is 3.90. The fourth-order valence-electron chi connectivity index (χ4n) is 2.82. The zero-order chi connectivity index (χ0) is 14.5. The van der Waals surface area contributed by atoms with E-state index in [-0.39, 0.29) is 0 Å². The van der Waals surface area contributed by atoms with Crippen molar-refractivity contribution in [2.75, 3.05) is 0 Å².